The van der Waals surface area contributed by atoms with E-state index >= 15 is 0 Å². The van der Waals surface area contributed by atoms with Crippen molar-refractivity contribution in [1.82, 2.24) is 0 Å². The molecule has 0 bridgehead atoms. The monoisotopic (exact) mass is 276 g/mol. The molecular weight excluding hydrogens is 261 g/mol. The predicted octanol–water partition coefficient (Wildman–Crippen LogP) is 1.85. The molecule has 0 radical (unpaired) electrons. The Morgan fingerprint density at radius 2 is 1.76 bits per heavy atom. The van der Waals surface area contributed by atoms with E-state index in [1.165, 1.54) is 13.8 Å². The molecule has 17 heavy (non-hydrogen) atoms. The van der Waals surface area contributed by atoms with Gasteiger partial charge in [0.25, 0.3) is 0 Å². The summed E-state index contributed by atoms with van der Waals surface area (Å²) in [5.41, 5.74) is 0. The van der Waals surface area contributed by atoms with E-state index in [1.807, 2.05) is 0 Å². The third-order valence-electron chi connectivity index (χ3n) is 2.12. The van der Waals surface area contributed by atoms with E-state index in [0.717, 1.165) is 0 Å². The molecule has 0 aromatic carbocycles. The lowest BCUT2D eigenvalue weighted by molar-refractivity contribution is -0.137. The second-order valence-corrected chi connectivity index (χ2v) is 6.33. The lowest BCUT2D eigenvalue weighted by atomic mass is 10.1. The van der Waals surface area contributed by atoms with Gasteiger partial charge in [0.05, 0.1) is 5.75 Å². The SMILES string of the molecule is CC(C)C(C(=O)O)S(=O)(=O)CCCC(F)(F)F. The molecule has 8 heteroatoms. The summed E-state index contributed by atoms with van der Waals surface area (Å²) in [6.45, 7) is 2.81. The second-order valence-electron chi connectivity index (χ2n) is 4.09. The maximum atomic E-state index is 11.8. The Bertz CT molecular complexity index is 359. The molecule has 0 saturated carbocycles. The third-order valence-corrected chi connectivity index (χ3v) is 4.50. The Balaban J connectivity index is 4.62. The molecule has 0 saturated heterocycles. The summed E-state index contributed by atoms with van der Waals surface area (Å²) in [6, 6.07) is 0. The van der Waals surface area contributed by atoms with E-state index in [9.17, 15) is 26.4 Å². The Hall–Kier alpha value is -0.790. The molecule has 1 N–H and O–H groups in total. The van der Waals surface area contributed by atoms with Crippen molar-refractivity contribution < 1.29 is 31.5 Å². The number of alkyl halides is 3. The van der Waals surface area contributed by atoms with E-state index in [2.05, 4.69) is 0 Å². The number of rotatable bonds is 6. The summed E-state index contributed by atoms with van der Waals surface area (Å²) in [7, 11) is -4.04. The minimum absolute atomic E-state index is 0.609. The van der Waals surface area contributed by atoms with Crippen molar-refractivity contribution in [1.29, 1.82) is 0 Å². The van der Waals surface area contributed by atoms with Gasteiger partial charge in [0.2, 0.25) is 0 Å². The average molecular weight is 276 g/mol. The average Bonchev–Trinajstić information content (AvgIpc) is 1.96. The van der Waals surface area contributed by atoms with Crippen LogP contribution in [0.3, 0.4) is 0 Å². The van der Waals surface area contributed by atoms with Crippen LogP contribution in [0.25, 0.3) is 0 Å². The quantitative estimate of drug-likeness (QED) is 0.803. The molecule has 0 aromatic heterocycles. The van der Waals surface area contributed by atoms with Gasteiger partial charge in [-0.3, -0.25) is 4.79 Å². The number of hydrogen-bond acceptors (Lipinski definition) is 3. The predicted molar refractivity (Wildman–Crippen MR) is 55.3 cm³/mol. The highest BCUT2D eigenvalue weighted by Gasteiger charge is 2.36. The molecule has 0 fully saturated rings. The lowest BCUT2D eigenvalue weighted by Crippen LogP contribution is -2.36. The summed E-state index contributed by atoms with van der Waals surface area (Å²) in [6.07, 6.45) is -6.26. The molecule has 102 valence electrons. The summed E-state index contributed by atoms with van der Waals surface area (Å²) in [4.78, 5) is 10.7. The molecule has 1 unspecified atom stereocenters. The highest BCUT2D eigenvalue weighted by molar-refractivity contribution is 7.92. The van der Waals surface area contributed by atoms with E-state index in [1.54, 1.807) is 0 Å². The van der Waals surface area contributed by atoms with Crippen molar-refractivity contribution in [3.8, 4) is 0 Å². The zero-order valence-electron chi connectivity index (χ0n) is 9.49. The van der Waals surface area contributed by atoms with Crippen LogP contribution in [0, 0.1) is 5.92 Å². The number of halogens is 3. The Morgan fingerprint density at radius 3 is 2.06 bits per heavy atom. The Kier molecular flexibility index (Phi) is 5.44. The highest BCUT2D eigenvalue weighted by Crippen LogP contribution is 2.23. The molecule has 0 aliphatic carbocycles. The largest absolute Gasteiger partial charge is 0.480 e. The van der Waals surface area contributed by atoms with Gasteiger partial charge in [0, 0.05) is 6.42 Å². The molecule has 4 nitrogen and oxygen atoms in total. The molecule has 0 rings (SSSR count). The van der Waals surface area contributed by atoms with E-state index in [-0.39, 0.29) is 0 Å². The van der Waals surface area contributed by atoms with Crippen molar-refractivity contribution in [2.75, 3.05) is 5.75 Å². The second kappa shape index (κ2) is 5.70. The van der Waals surface area contributed by atoms with Crippen LogP contribution in [0.4, 0.5) is 13.2 Å². The molecule has 0 aliphatic heterocycles. The Labute approximate surface area is 97.7 Å². The molecular formula is C9H15F3O4S. The fraction of sp³-hybridized carbons (Fsp3) is 0.889. The summed E-state index contributed by atoms with van der Waals surface area (Å²) >= 11 is 0. The van der Waals surface area contributed by atoms with Crippen LogP contribution in [0.2, 0.25) is 0 Å². The first-order chi connectivity index (χ1) is 7.47. The van der Waals surface area contributed by atoms with Gasteiger partial charge in [0.15, 0.2) is 15.1 Å². The van der Waals surface area contributed by atoms with Crippen molar-refractivity contribution in [3.05, 3.63) is 0 Å². The van der Waals surface area contributed by atoms with Gasteiger partial charge in [-0.1, -0.05) is 13.8 Å². The van der Waals surface area contributed by atoms with Gasteiger partial charge in [-0.2, -0.15) is 13.2 Å². The zero-order chi connectivity index (χ0) is 13.9. The zero-order valence-corrected chi connectivity index (χ0v) is 10.3. The first-order valence-electron chi connectivity index (χ1n) is 4.98. The maximum Gasteiger partial charge on any atom is 0.389 e. The number of carboxylic acid groups (broad SMARTS) is 1. The molecule has 0 spiro atoms. The third kappa shape index (κ3) is 5.90. The van der Waals surface area contributed by atoms with Crippen LogP contribution in [-0.2, 0) is 14.6 Å². The molecule has 1 atom stereocenters. The van der Waals surface area contributed by atoms with Gasteiger partial charge in [0.1, 0.15) is 0 Å². The molecule has 0 heterocycles. The first-order valence-corrected chi connectivity index (χ1v) is 6.70. The van der Waals surface area contributed by atoms with Crippen molar-refractivity contribution in [2.45, 2.75) is 38.1 Å². The smallest absolute Gasteiger partial charge is 0.389 e. The normalized spacial score (nSPS) is 14.9. The maximum absolute atomic E-state index is 11.8. The summed E-state index contributed by atoms with van der Waals surface area (Å²) in [5, 5.41) is 7.09. The summed E-state index contributed by atoms with van der Waals surface area (Å²) in [5.74, 6) is -2.96. The van der Waals surface area contributed by atoms with E-state index < -0.39 is 51.7 Å². The van der Waals surface area contributed by atoms with Crippen LogP contribution in [0.5, 0.6) is 0 Å². The molecule has 0 amide bonds. The van der Waals surface area contributed by atoms with Crippen molar-refractivity contribution >= 4 is 15.8 Å². The van der Waals surface area contributed by atoms with E-state index in [4.69, 9.17) is 5.11 Å². The van der Waals surface area contributed by atoms with Crippen molar-refractivity contribution in [3.63, 3.8) is 0 Å². The van der Waals surface area contributed by atoms with Crippen LogP contribution in [0.1, 0.15) is 26.7 Å². The number of carboxylic acids is 1. The number of sulfone groups is 1. The molecule has 0 aliphatic rings. The fourth-order valence-corrected chi connectivity index (χ4v) is 3.39. The summed E-state index contributed by atoms with van der Waals surface area (Å²) < 4.78 is 58.6. The first kappa shape index (κ1) is 16.2. The van der Waals surface area contributed by atoms with Crippen LogP contribution < -0.4 is 0 Å². The number of aliphatic carboxylic acids is 1. The van der Waals surface area contributed by atoms with Crippen LogP contribution in [-0.4, -0.2) is 36.7 Å². The van der Waals surface area contributed by atoms with Crippen LogP contribution in [0.15, 0.2) is 0 Å². The van der Waals surface area contributed by atoms with Gasteiger partial charge in [-0.25, -0.2) is 8.42 Å². The molecule has 0 aromatic rings. The fourth-order valence-electron chi connectivity index (χ4n) is 1.45. The van der Waals surface area contributed by atoms with Crippen molar-refractivity contribution in [2.24, 2.45) is 5.92 Å². The Morgan fingerprint density at radius 1 is 1.29 bits per heavy atom. The van der Waals surface area contributed by atoms with Crippen LogP contribution >= 0.6 is 0 Å². The van der Waals surface area contributed by atoms with Gasteiger partial charge in [-0.05, 0) is 12.3 Å². The number of carbonyl (C=O) groups is 1. The van der Waals surface area contributed by atoms with E-state index in [0.29, 0.717) is 0 Å². The minimum Gasteiger partial charge on any atom is -0.480 e. The standard InChI is InChI=1S/C9H15F3O4S/c1-6(2)7(8(13)14)17(15,16)5-3-4-9(10,11)12/h6-7H,3-5H2,1-2H3,(H,13,14). The van der Waals surface area contributed by atoms with Gasteiger partial charge >= 0.3 is 12.1 Å². The number of hydrogen-bond donors (Lipinski definition) is 1. The van der Waals surface area contributed by atoms with Gasteiger partial charge in [-0.15, -0.1) is 0 Å². The van der Waals surface area contributed by atoms with Gasteiger partial charge < -0.3 is 5.11 Å². The topological polar surface area (TPSA) is 71.4 Å². The highest BCUT2D eigenvalue weighted by atomic mass is 32.2. The lowest BCUT2D eigenvalue weighted by Gasteiger charge is -2.16. The minimum atomic E-state index is -4.42.